The van der Waals surface area contributed by atoms with Crippen molar-refractivity contribution in [3.05, 3.63) is 0 Å². The van der Waals surface area contributed by atoms with Crippen molar-refractivity contribution in [2.75, 3.05) is 6.54 Å². The van der Waals surface area contributed by atoms with Crippen molar-refractivity contribution >= 4 is 5.91 Å². The van der Waals surface area contributed by atoms with Crippen LogP contribution < -0.4 is 5.32 Å². The second kappa shape index (κ2) is 1.29. The quantitative estimate of drug-likeness (QED) is 0.442. The average Bonchev–Trinajstić information content (AvgIpc) is 1.86. The maximum Gasteiger partial charge on any atom is 1.00 e. The molecule has 0 spiro atoms. The zero-order valence-electron chi connectivity index (χ0n) is 4.53. The number of rotatable bonds is 0. The first-order valence-electron chi connectivity index (χ1n) is 2.16. The smallest absolute Gasteiger partial charge is 0.356 e. The first-order chi connectivity index (χ1) is 2.89. The SMILES string of the molecule is O=C1CCCN1.[1H+]. The lowest BCUT2D eigenvalue weighted by molar-refractivity contribution is -0.119. The molecule has 6 heavy (non-hydrogen) atoms. The Labute approximate surface area is 38.0 Å². The molecule has 1 amide bonds. The molecule has 0 bridgehead atoms. The van der Waals surface area contributed by atoms with E-state index in [9.17, 15) is 4.79 Å². The van der Waals surface area contributed by atoms with E-state index in [2.05, 4.69) is 5.32 Å². The minimum atomic E-state index is 0. The molecule has 0 radical (unpaired) electrons. The standard InChI is InChI=1S/C4H7NO/c6-4-2-1-3-5-4/h1-3H2,(H,5,6)/p+1/i/hH. The number of nitrogens with one attached hydrogen (secondary N) is 1. The monoisotopic (exact) mass is 86.1 g/mol. The molecular weight excluding hydrogens is 78.0 g/mol. The first-order valence-corrected chi connectivity index (χ1v) is 2.16. The average molecular weight is 86.1 g/mol. The van der Waals surface area contributed by atoms with Crippen LogP contribution in [-0.2, 0) is 4.79 Å². The van der Waals surface area contributed by atoms with Gasteiger partial charge in [-0.3, -0.25) is 4.79 Å². The van der Waals surface area contributed by atoms with Crippen LogP contribution in [0.15, 0.2) is 0 Å². The van der Waals surface area contributed by atoms with Gasteiger partial charge in [-0.2, -0.15) is 0 Å². The summed E-state index contributed by atoms with van der Waals surface area (Å²) in [5.41, 5.74) is 0. The van der Waals surface area contributed by atoms with Crippen LogP contribution in [0.25, 0.3) is 0 Å². The van der Waals surface area contributed by atoms with Crippen LogP contribution in [-0.4, -0.2) is 12.5 Å². The van der Waals surface area contributed by atoms with Crippen molar-refractivity contribution < 1.29 is 6.22 Å². The molecule has 34 valence electrons. The van der Waals surface area contributed by atoms with Crippen molar-refractivity contribution in [2.24, 2.45) is 0 Å². The third kappa shape index (κ3) is 0.506. The molecule has 1 aliphatic rings. The fraction of sp³-hybridized carbons (Fsp3) is 0.750. The van der Waals surface area contributed by atoms with Crippen LogP contribution in [0.5, 0.6) is 0 Å². The highest BCUT2D eigenvalue weighted by Gasteiger charge is 2.05. The number of carbonyl (C=O) groups is 1. The number of amides is 1. The van der Waals surface area contributed by atoms with E-state index < -0.39 is 0 Å². The van der Waals surface area contributed by atoms with Gasteiger partial charge < -0.3 is 5.32 Å². The zero-order chi connectivity index (χ0) is 4.41. The van der Waals surface area contributed by atoms with Crippen LogP contribution in [0.3, 0.4) is 0 Å². The van der Waals surface area contributed by atoms with Crippen LogP contribution in [0.1, 0.15) is 14.3 Å². The minimum absolute atomic E-state index is 0. The molecule has 1 saturated heterocycles. The lowest BCUT2D eigenvalue weighted by Gasteiger charge is -1.80. The summed E-state index contributed by atoms with van der Waals surface area (Å²) in [6, 6.07) is 0. The second-order valence-electron chi connectivity index (χ2n) is 1.45. The normalized spacial score (nSPS) is 21.0. The Hall–Kier alpha value is -0.530. The molecule has 0 atom stereocenters. The van der Waals surface area contributed by atoms with Crippen molar-refractivity contribution in [3.8, 4) is 0 Å². The van der Waals surface area contributed by atoms with Gasteiger partial charge in [0.1, 0.15) is 0 Å². The van der Waals surface area contributed by atoms with Gasteiger partial charge in [0.25, 0.3) is 0 Å². The topological polar surface area (TPSA) is 29.1 Å². The van der Waals surface area contributed by atoms with Crippen LogP contribution in [0, 0.1) is 0 Å². The van der Waals surface area contributed by atoms with Gasteiger partial charge in [0.05, 0.1) is 0 Å². The lowest BCUT2D eigenvalue weighted by atomic mass is 10.4. The highest BCUT2D eigenvalue weighted by molar-refractivity contribution is 5.77. The molecule has 1 N–H and O–H groups in total. The summed E-state index contributed by atoms with van der Waals surface area (Å²) in [6.45, 7) is 0.888. The number of hydrogen-bond acceptors (Lipinski definition) is 1. The third-order valence-electron chi connectivity index (χ3n) is 0.903. The third-order valence-corrected chi connectivity index (χ3v) is 0.903. The van der Waals surface area contributed by atoms with E-state index in [0.29, 0.717) is 0 Å². The van der Waals surface area contributed by atoms with E-state index in [1.165, 1.54) is 0 Å². The van der Waals surface area contributed by atoms with Crippen molar-refractivity contribution in [2.45, 2.75) is 12.8 Å². The first kappa shape index (κ1) is 3.65. The van der Waals surface area contributed by atoms with E-state index in [1.807, 2.05) is 0 Å². The van der Waals surface area contributed by atoms with Gasteiger partial charge in [-0.1, -0.05) is 0 Å². The fourth-order valence-electron chi connectivity index (χ4n) is 0.565. The predicted molar refractivity (Wildman–Crippen MR) is 23.4 cm³/mol. The number of carbonyl (C=O) groups excluding carboxylic acids is 1. The maximum absolute atomic E-state index is 10.1. The van der Waals surface area contributed by atoms with E-state index in [0.717, 1.165) is 19.4 Å². The van der Waals surface area contributed by atoms with Gasteiger partial charge in [-0.25, -0.2) is 0 Å². The maximum atomic E-state index is 10.1. The van der Waals surface area contributed by atoms with Crippen molar-refractivity contribution in [3.63, 3.8) is 0 Å². The van der Waals surface area contributed by atoms with E-state index in [4.69, 9.17) is 0 Å². The van der Waals surface area contributed by atoms with Gasteiger partial charge in [0, 0.05) is 13.0 Å². The lowest BCUT2D eigenvalue weighted by Crippen LogP contribution is -2.12. The van der Waals surface area contributed by atoms with Crippen LogP contribution in [0.2, 0.25) is 0 Å². The molecule has 0 aromatic rings. The second-order valence-corrected chi connectivity index (χ2v) is 1.45. The molecule has 0 saturated carbocycles. The van der Waals surface area contributed by atoms with Gasteiger partial charge in [0.2, 0.25) is 5.91 Å². The Morgan fingerprint density at radius 1 is 1.83 bits per heavy atom. The van der Waals surface area contributed by atoms with Gasteiger partial charge in [-0.15, -0.1) is 0 Å². The summed E-state index contributed by atoms with van der Waals surface area (Å²) in [4.78, 5) is 10.1. The summed E-state index contributed by atoms with van der Waals surface area (Å²) in [5.74, 6) is 0.204. The van der Waals surface area contributed by atoms with E-state index >= 15 is 0 Å². The predicted octanol–water partition coefficient (Wildman–Crippen LogP) is 0.00890. The van der Waals surface area contributed by atoms with Crippen molar-refractivity contribution in [1.29, 1.82) is 0 Å². The highest BCUT2D eigenvalue weighted by Crippen LogP contribution is 1.93. The summed E-state index contributed by atoms with van der Waals surface area (Å²) in [6.07, 6.45) is 1.76. The molecular formula is C4H8NO+. The Kier molecular flexibility index (Phi) is 0.783. The molecule has 0 aromatic heterocycles. The molecule has 1 fully saturated rings. The van der Waals surface area contributed by atoms with E-state index in [1.54, 1.807) is 0 Å². The zero-order valence-corrected chi connectivity index (χ0v) is 3.53. The molecule has 1 rings (SSSR count). The molecule has 0 aromatic carbocycles. The molecule has 0 aliphatic carbocycles. The number of hydrogen-bond donors (Lipinski definition) is 1. The van der Waals surface area contributed by atoms with Gasteiger partial charge >= 0.3 is 1.43 Å². The summed E-state index contributed by atoms with van der Waals surface area (Å²) in [5, 5.41) is 2.68. The van der Waals surface area contributed by atoms with Gasteiger partial charge in [0.15, 0.2) is 0 Å². The summed E-state index contributed by atoms with van der Waals surface area (Å²) >= 11 is 0. The Balaban J connectivity index is 0.000000360. The largest absolute Gasteiger partial charge is 1.00 e. The Bertz CT molecular complexity index is 66.1. The molecule has 2 heteroatoms. The molecule has 2 nitrogen and oxygen atoms in total. The Morgan fingerprint density at radius 2 is 2.67 bits per heavy atom. The van der Waals surface area contributed by atoms with Gasteiger partial charge in [-0.05, 0) is 6.42 Å². The molecule has 1 aliphatic heterocycles. The van der Waals surface area contributed by atoms with Crippen molar-refractivity contribution in [1.82, 2.24) is 5.32 Å². The molecule has 1 heterocycles. The van der Waals surface area contributed by atoms with Crippen LogP contribution in [0.4, 0.5) is 0 Å². The Morgan fingerprint density at radius 3 is 2.83 bits per heavy atom. The summed E-state index contributed by atoms with van der Waals surface area (Å²) in [7, 11) is 0. The fourth-order valence-corrected chi connectivity index (χ4v) is 0.565. The highest BCUT2D eigenvalue weighted by atomic mass is 16.1. The minimum Gasteiger partial charge on any atom is -0.356 e. The van der Waals surface area contributed by atoms with Crippen LogP contribution >= 0.6 is 0 Å². The molecule has 0 unspecified atom stereocenters. The van der Waals surface area contributed by atoms with E-state index in [-0.39, 0.29) is 7.33 Å². The summed E-state index contributed by atoms with van der Waals surface area (Å²) < 4.78 is 0.